The van der Waals surface area contributed by atoms with Crippen LogP contribution in [0.15, 0.2) is 82.3 Å². The molecule has 24 heteroatoms. The van der Waals surface area contributed by atoms with Gasteiger partial charge in [0, 0.05) is 66.8 Å². The van der Waals surface area contributed by atoms with Crippen molar-refractivity contribution in [1.82, 2.24) is 0 Å². The molecule has 2 unspecified atom stereocenters. The predicted octanol–water partition coefficient (Wildman–Crippen LogP) is 4.30. The zero-order chi connectivity index (χ0) is 50.4. The first-order valence-corrected chi connectivity index (χ1v) is 27.9. The summed E-state index contributed by atoms with van der Waals surface area (Å²) in [5.41, 5.74) is 0.944. The highest BCUT2D eigenvalue weighted by atomic mass is 32.2. The SMILES string of the molecule is COCCOCCOCCOCCN1/C(=C/C=C/C=C/C2=[N+](CCCCCC(=O)O)c3ccc(S(=O)(=O)[O-])cc3C2(C)CCCS(=O)(=O)[O-])C(C)(CCCS(=O)(=O)O)c2cc(S(=O)(=O)O)ccc21. The van der Waals surface area contributed by atoms with Crippen LogP contribution < -0.4 is 4.90 Å². The molecule has 0 radical (unpaired) electrons. The number of carboxylic acid groups (broad SMARTS) is 1. The van der Waals surface area contributed by atoms with Gasteiger partial charge in [-0.15, -0.1) is 0 Å². The molecule has 0 saturated carbocycles. The summed E-state index contributed by atoms with van der Waals surface area (Å²) in [7, 11) is -17.0. The van der Waals surface area contributed by atoms with E-state index in [1.54, 1.807) is 51.3 Å². The van der Waals surface area contributed by atoms with Gasteiger partial charge in [-0.1, -0.05) is 18.2 Å². The molecule has 0 aromatic heterocycles. The first-order chi connectivity index (χ1) is 31.8. The molecule has 0 amide bonds. The number of nitrogens with zero attached hydrogens (tertiary/aromatic N) is 2. The molecule has 0 fully saturated rings. The van der Waals surface area contributed by atoms with Crippen LogP contribution in [-0.2, 0) is 75.0 Å². The van der Waals surface area contributed by atoms with Gasteiger partial charge in [-0.2, -0.15) is 21.4 Å². The van der Waals surface area contributed by atoms with Crippen molar-refractivity contribution < 1.29 is 85.3 Å². The highest BCUT2D eigenvalue weighted by molar-refractivity contribution is 7.86. The molecular formula is C44H61N2O18S4-. The summed E-state index contributed by atoms with van der Waals surface area (Å²) in [4.78, 5) is 12.2. The second-order valence-corrected chi connectivity index (χ2v) is 22.6. The first kappa shape index (κ1) is 56.7. The van der Waals surface area contributed by atoms with Crippen molar-refractivity contribution in [1.29, 1.82) is 0 Å². The number of ether oxygens (including phenoxy) is 4. The maximum Gasteiger partial charge on any atom is 0.303 e. The molecule has 0 bridgehead atoms. The molecule has 2 heterocycles. The third-order valence-electron chi connectivity index (χ3n) is 11.8. The van der Waals surface area contributed by atoms with Gasteiger partial charge in [0.25, 0.3) is 20.2 Å². The molecule has 68 heavy (non-hydrogen) atoms. The highest BCUT2D eigenvalue weighted by Crippen LogP contribution is 2.51. The second kappa shape index (κ2) is 24.8. The van der Waals surface area contributed by atoms with Gasteiger partial charge >= 0.3 is 5.97 Å². The lowest BCUT2D eigenvalue weighted by Crippen LogP contribution is -2.32. The van der Waals surface area contributed by atoms with Gasteiger partial charge < -0.3 is 38.1 Å². The number of aliphatic carboxylic acids is 1. The molecule has 4 rings (SSSR count). The number of fused-ring (bicyclic) bond motifs is 2. The van der Waals surface area contributed by atoms with Gasteiger partial charge in [-0.25, -0.2) is 16.8 Å². The van der Waals surface area contributed by atoms with Crippen LogP contribution in [0, 0.1) is 0 Å². The number of rotatable bonds is 31. The molecular weight excluding hydrogens is 973 g/mol. The van der Waals surface area contributed by atoms with Crippen LogP contribution in [0.1, 0.15) is 76.3 Å². The number of carbonyl (C=O) groups is 1. The van der Waals surface area contributed by atoms with Crippen LogP contribution in [0.25, 0.3) is 0 Å². The second-order valence-electron chi connectivity index (χ2n) is 16.7. The van der Waals surface area contributed by atoms with Gasteiger partial charge in [0.15, 0.2) is 5.71 Å². The van der Waals surface area contributed by atoms with Crippen molar-refractivity contribution in [2.75, 3.05) is 82.9 Å². The van der Waals surface area contributed by atoms with Gasteiger partial charge in [-0.05, 0) is 94.3 Å². The zero-order valence-corrected chi connectivity index (χ0v) is 41.5. The standard InChI is InChI=1S/C44H62N2O18S4/c1-43(19-10-30-65(49,50)51)36-32-34(67(55,56)57)15-17-38(36)45(21-9-5-8-14-42(47)48)40(43)12-6-4-7-13-41-44(2,20-11-31-66(52,53)54)37-33-35(68(58,59)60)16-18-39(37)46(41)22-23-62-26-27-64-29-28-63-25-24-61-3/h4,6-7,12-13,15-18,32-33H,5,8-11,14,19-31H2,1-3H3,(H4-,47,48,49,50,51,52,53,54,55,56,57,58,59,60)/p-1. The summed E-state index contributed by atoms with van der Waals surface area (Å²) < 4.78 is 163. The molecule has 2 aromatic carbocycles. The molecule has 2 atom stereocenters. The van der Waals surface area contributed by atoms with E-state index in [0.717, 1.165) is 0 Å². The van der Waals surface area contributed by atoms with E-state index in [9.17, 15) is 56.7 Å². The van der Waals surface area contributed by atoms with E-state index in [0.29, 0.717) is 86.1 Å². The molecule has 0 aliphatic carbocycles. The summed E-state index contributed by atoms with van der Waals surface area (Å²) in [6.45, 7) is 6.38. The van der Waals surface area contributed by atoms with E-state index in [2.05, 4.69) is 0 Å². The van der Waals surface area contributed by atoms with Gasteiger partial charge in [0.05, 0.1) is 77.3 Å². The van der Waals surface area contributed by atoms with Crippen LogP contribution >= 0.6 is 0 Å². The number of allylic oxidation sites excluding steroid dienone is 6. The Labute approximate surface area is 399 Å². The van der Waals surface area contributed by atoms with Crippen molar-refractivity contribution in [3.8, 4) is 0 Å². The Bertz CT molecular complexity index is 2660. The van der Waals surface area contributed by atoms with E-state index < -0.39 is 73.7 Å². The van der Waals surface area contributed by atoms with E-state index >= 15 is 0 Å². The number of anilines is 1. The Kier molecular flexibility index (Phi) is 20.6. The summed E-state index contributed by atoms with van der Waals surface area (Å²) in [6, 6.07) is 8.02. The van der Waals surface area contributed by atoms with Crippen molar-refractivity contribution in [3.63, 3.8) is 0 Å². The fraction of sp³-hybridized carbons (Fsp3) is 0.545. The van der Waals surface area contributed by atoms with Crippen LogP contribution in [0.3, 0.4) is 0 Å². The van der Waals surface area contributed by atoms with Crippen molar-refractivity contribution in [2.24, 2.45) is 0 Å². The van der Waals surface area contributed by atoms with Gasteiger partial charge in [0.2, 0.25) is 5.69 Å². The van der Waals surface area contributed by atoms with Crippen molar-refractivity contribution >= 4 is 63.5 Å². The third kappa shape index (κ3) is 16.3. The summed E-state index contributed by atoms with van der Waals surface area (Å²) >= 11 is 0. The number of hydrogen-bond donors (Lipinski definition) is 3. The summed E-state index contributed by atoms with van der Waals surface area (Å²) in [5.74, 6) is -2.23. The van der Waals surface area contributed by atoms with Crippen LogP contribution in [-0.4, -0.2) is 151 Å². The minimum atomic E-state index is -4.92. The van der Waals surface area contributed by atoms with E-state index in [1.807, 2.05) is 9.48 Å². The van der Waals surface area contributed by atoms with Gasteiger partial charge in [-0.3, -0.25) is 13.9 Å². The number of carboxylic acids is 1. The minimum absolute atomic E-state index is 0.0324. The molecule has 0 saturated heterocycles. The van der Waals surface area contributed by atoms with E-state index in [4.69, 9.17) is 24.1 Å². The van der Waals surface area contributed by atoms with Crippen molar-refractivity contribution in [2.45, 2.75) is 85.8 Å². The molecule has 0 spiro atoms. The lowest BCUT2D eigenvalue weighted by molar-refractivity contribution is -0.438. The molecule has 2 aliphatic rings. The fourth-order valence-electron chi connectivity index (χ4n) is 8.52. The summed E-state index contributed by atoms with van der Waals surface area (Å²) in [6.07, 6.45) is 9.92. The topological polar surface area (TPSA) is 304 Å². The molecule has 3 N–H and O–H groups in total. The number of hydrogen-bond acceptors (Lipinski definition) is 16. The fourth-order valence-corrected chi connectivity index (χ4v) is 10.5. The number of benzene rings is 2. The first-order valence-electron chi connectivity index (χ1n) is 21.8. The molecule has 380 valence electrons. The number of methoxy groups -OCH3 is 1. The number of unbranched alkanes of at least 4 members (excludes halogenated alkanes) is 2. The maximum absolute atomic E-state index is 12.3. The molecule has 2 aromatic rings. The van der Waals surface area contributed by atoms with Crippen LogP contribution in [0.5, 0.6) is 0 Å². The largest absolute Gasteiger partial charge is 0.748 e. The van der Waals surface area contributed by atoms with Crippen molar-refractivity contribution in [3.05, 3.63) is 83.6 Å². The minimum Gasteiger partial charge on any atom is -0.748 e. The quantitative estimate of drug-likeness (QED) is 0.0410. The Hall–Kier alpha value is -3.92. The Morgan fingerprint density at radius 1 is 0.721 bits per heavy atom. The predicted molar refractivity (Wildman–Crippen MR) is 249 cm³/mol. The van der Waals surface area contributed by atoms with Crippen LogP contribution in [0.4, 0.5) is 11.4 Å². The summed E-state index contributed by atoms with van der Waals surface area (Å²) in [5, 5.41) is 9.15. The highest BCUT2D eigenvalue weighted by Gasteiger charge is 2.48. The van der Waals surface area contributed by atoms with E-state index in [1.165, 1.54) is 36.4 Å². The smallest absolute Gasteiger partial charge is 0.303 e. The lowest BCUT2D eigenvalue weighted by atomic mass is 9.76. The zero-order valence-electron chi connectivity index (χ0n) is 38.3. The maximum atomic E-state index is 12.3. The molecule has 2 aliphatic heterocycles. The third-order valence-corrected chi connectivity index (χ3v) is 15.1. The molecule has 20 nitrogen and oxygen atoms in total. The van der Waals surface area contributed by atoms with Crippen LogP contribution in [0.2, 0.25) is 0 Å². The van der Waals surface area contributed by atoms with Gasteiger partial charge in [0.1, 0.15) is 16.7 Å². The van der Waals surface area contributed by atoms with E-state index in [-0.39, 0.29) is 63.4 Å². The Morgan fingerprint density at radius 2 is 1.32 bits per heavy atom. The lowest BCUT2D eigenvalue weighted by Gasteiger charge is -2.30. The average Bonchev–Trinajstić information content (AvgIpc) is 3.60. The monoisotopic (exact) mass is 1030 g/mol. The normalized spacial score (nSPS) is 19.5. The average molecular weight is 1030 g/mol. The Balaban J connectivity index is 1.75. The Morgan fingerprint density at radius 3 is 1.93 bits per heavy atom.